The molecule has 4 heteroatoms. The van der Waals surface area contributed by atoms with Gasteiger partial charge in [0.25, 0.3) is 0 Å². The lowest BCUT2D eigenvalue weighted by Gasteiger charge is -2.25. The molecule has 22 heavy (non-hydrogen) atoms. The minimum Gasteiger partial charge on any atom is -0.371 e. The van der Waals surface area contributed by atoms with Crippen LogP contribution in [-0.2, 0) is 17.9 Å². The monoisotopic (exact) mass is 296 g/mol. The Balaban J connectivity index is 1.91. The van der Waals surface area contributed by atoms with Crippen LogP contribution in [0.5, 0.6) is 0 Å². The van der Waals surface area contributed by atoms with Gasteiger partial charge in [0, 0.05) is 0 Å². The summed E-state index contributed by atoms with van der Waals surface area (Å²) in [6.45, 7) is 2.50. The molecule has 114 valence electrons. The molecule has 0 aliphatic heterocycles. The molecule has 2 atom stereocenters. The second-order valence-electron chi connectivity index (χ2n) is 5.16. The molecule has 0 saturated carbocycles. The van der Waals surface area contributed by atoms with Crippen molar-refractivity contribution >= 4 is 0 Å². The van der Waals surface area contributed by atoms with Gasteiger partial charge in [0.05, 0.1) is 25.3 Å². The first-order chi connectivity index (χ1) is 10.7. The van der Waals surface area contributed by atoms with Crippen molar-refractivity contribution in [3.8, 4) is 6.07 Å². The van der Waals surface area contributed by atoms with E-state index in [0.717, 1.165) is 16.2 Å². The van der Waals surface area contributed by atoms with Gasteiger partial charge in [-0.3, -0.25) is 0 Å². The lowest BCUT2D eigenvalue weighted by molar-refractivity contribution is -0.153. The Morgan fingerprint density at radius 2 is 1.59 bits per heavy atom. The Hall–Kier alpha value is -2.19. The first kappa shape index (κ1) is 16.2. The van der Waals surface area contributed by atoms with Crippen LogP contribution in [0.2, 0.25) is 0 Å². The van der Waals surface area contributed by atoms with Crippen molar-refractivity contribution in [1.82, 2.24) is 5.06 Å². The van der Waals surface area contributed by atoms with E-state index in [1.54, 1.807) is 6.92 Å². The van der Waals surface area contributed by atoms with Crippen LogP contribution in [0, 0.1) is 11.3 Å². The maximum atomic E-state index is 10.2. The molecule has 0 aliphatic rings. The average molecular weight is 296 g/mol. The first-order valence-electron chi connectivity index (χ1n) is 7.25. The molecule has 0 unspecified atom stereocenters. The fourth-order valence-electron chi connectivity index (χ4n) is 2.18. The highest BCUT2D eigenvalue weighted by Crippen LogP contribution is 2.12. The third-order valence-electron chi connectivity index (χ3n) is 3.44. The van der Waals surface area contributed by atoms with E-state index >= 15 is 0 Å². The minimum absolute atomic E-state index is 0.290. The van der Waals surface area contributed by atoms with Crippen LogP contribution in [0.3, 0.4) is 0 Å². The predicted molar refractivity (Wildman–Crippen MR) is 83.9 cm³/mol. The van der Waals surface area contributed by atoms with Gasteiger partial charge in [-0.2, -0.15) is 10.3 Å². The van der Waals surface area contributed by atoms with Gasteiger partial charge >= 0.3 is 0 Å². The zero-order valence-electron chi connectivity index (χ0n) is 12.6. The Kier molecular flexibility index (Phi) is 6.11. The third kappa shape index (κ3) is 4.68. The molecule has 0 aliphatic carbocycles. The van der Waals surface area contributed by atoms with Crippen LogP contribution < -0.4 is 0 Å². The maximum Gasteiger partial charge on any atom is 0.148 e. The van der Waals surface area contributed by atoms with Crippen molar-refractivity contribution in [3.63, 3.8) is 0 Å². The van der Waals surface area contributed by atoms with Gasteiger partial charge in [0.15, 0.2) is 0 Å². The molecular formula is C18H20N2O2. The molecule has 1 N–H and O–H groups in total. The molecule has 0 amide bonds. The van der Waals surface area contributed by atoms with E-state index in [1.165, 1.54) is 0 Å². The highest BCUT2D eigenvalue weighted by atomic mass is 16.5. The number of hydrogen-bond donors (Lipinski definition) is 1. The Morgan fingerprint density at radius 1 is 1.05 bits per heavy atom. The number of hydrogen-bond acceptors (Lipinski definition) is 4. The summed E-state index contributed by atoms with van der Waals surface area (Å²) in [5.41, 5.74) is 1.99. The van der Waals surface area contributed by atoms with E-state index in [0.29, 0.717) is 6.61 Å². The quantitative estimate of drug-likeness (QED) is 0.796. The summed E-state index contributed by atoms with van der Waals surface area (Å²) in [4.78, 5) is 0. The van der Waals surface area contributed by atoms with Crippen molar-refractivity contribution in [2.24, 2.45) is 0 Å². The van der Waals surface area contributed by atoms with Crippen LogP contribution in [0.1, 0.15) is 18.1 Å². The number of nitrogens with zero attached hydrogens (tertiary/aromatic N) is 2. The van der Waals surface area contributed by atoms with Crippen LogP contribution in [0.15, 0.2) is 60.7 Å². The van der Waals surface area contributed by atoms with E-state index in [9.17, 15) is 10.5 Å². The lowest BCUT2D eigenvalue weighted by Crippen LogP contribution is -2.40. The van der Waals surface area contributed by atoms with Crippen molar-refractivity contribution < 1.29 is 9.94 Å². The normalized spacial score (nSPS) is 13.5. The van der Waals surface area contributed by atoms with Gasteiger partial charge in [-0.15, -0.1) is 0 Å². The summed E-state index contributed by atoms with van der Waals surface area (Å²) in [5.74, 6) is 0. The van der Waals surface area contributed by atoms with Crippen molar-refractivity contribution in [1.29, 1.82) is 5.26 Å². The zero-order chi connectivity index (χ0) is 15.8. The summed E-state index contributed by atoms with van der Waals surface area (Å²) < 4.78 is 5.72. The molecule has 2 aromatic carbocycles. The molecule has 4 nitrogen and oxygen atoms in total. The van der Waals surface area contributed by atoms with Gasteiger partial charge in [0.2, 0.25) is 0 Å². The highest BCUT2D eigenvalue weighted by Gasteiger charge is 2.24. The van der Waals surface area contributed by atoms with Gasteiger partial charge in [0.1, 0.15) is 6.04 Å². The summed E-state index contributed by atoms with van der Waals surface area (Å²) in [7, 11) is 0. The summed E-state index contributed by atoms with van der Waals surface area (Å²) in [6.07, 6.45) is -0.404. The lowest BCUT2D eigenvalue weighted by atomic mass is 10.1. The Morgan fingerprint density at radius 3 is 2.14 bits per heavy atom. The molecule has 0 radical (unpaired) electrons. The van der Waals surface area contributed by atoms with E-state index in [-0.39, 0.29) is 6.54 Å². The van der Waals surface area contributed by atoms with Gasteiger partial charge in [-0.05, 0) is 18.1 Å². The van der Waals surface area contributed by atoms with E-state index in [1.807, 2.05) is 60.7 Å². The number of rotatable bonds is 7. The summed E-state index contributed by atoms with van der Waals surface area (Å²) in [5, 5.41) is 20.5. The maximum absolute atomic E-state index is 10.2. The molecule has 0 bridgehead atoms. The molecule has 0 saturated heterocycles. The molecule has 0 fully saturated rings. The van der Waals surface area contributed by atoms with Crippen molar-refractivity contribution in [2.45, 2.75) is 32.2 Å². The molecule has 0 heterocycles. The van der Waals surface area contributed by atoms with Crippen molar-refractivity contribution in [2.75, 3.05) is 0 Å². The van der Waals surface area contributed by atoms with E-state index in [4.69, 9.17) is 4.74 Å². The van der Waals surface area contributed by atoms with Crippen LogP contribution in [0.25, 0.3) is 0 Å². The molecule has 0 spiro atoms. The predicted octanol–water partition coefficient (Wildman–Crippen LogP) is 3.38. The minimum atomic E-state index is -0.719. The molecular weight excluding hydrogens is 276 g/mol. The summed E-state index contributed by atoms with van der Waals surface area (Å²) >= 11 is 0. The highest BCUT2D eigenvalue weighted by molar-refractivity contribution is 5.15. The van der Waals surface area contributed by atoms with Crippen LogP contribution in [-0.4, -0.2) is 22.4 Å². The topological polar surface area (TPSA) is 56.5 Å². The number of nitriles is 1. The third-order valence-corrected chi connectivity index (χ3v) is 3.44. The van der Waals surface area contributed by atoms with Crippen LogP contribution in [0.4, 0.5) is 0 Å². The van der Waals surface area contributed by atoms with E-state index in [2.05, 4.69) is 6.07 Å². The second-order valence-corrected chi connectivity index (χ2v) is 5.16. The van der Waals surface area contributed by atoms with Gasteiger partial charge in [-0.1, -0.05) is 60.7 Å². The SMILES string of the molecule is C[C@@H](OCc1ccccc1)[C@@H](C#N)N(O)Cc1ccccc1. The van der Waals surface area contributed by atoms with Gasteiger partial charge in [-0.25, -0.2) is 0 Å². The van der Waals surface area contributed by atoms with Crippen molar-refractivity contribution in [3.05, 3.63) is 71.8 Å². The molecule has 2 rings (SSSR count). The fraction of sp³-hybridized carbons (Fsp3) is 0.278. The molecule has 2 aromatic rings. The molecule has 0 aromatic heterocycles. The Bertz CT molecular complexity index is 595. The number of benzene rings is 2. The fourth-order valence-corrected chi connectivity index (χ4v) is 2.18. The number of ether oxygens (including phenoxy) is 1. The summed E-state index contributed by atoms with van der Waals surface area (Å²) in [6, 6.07) is 20.7. The second kappa shape index (κ2) is 8.30. The van der Waals surface area contributed by atoms with E-state index < -0.39 is 12.1 Å². The first-order valence-corrected chi connectivity index (χ1v) is 7.25. The standard InChI is InChI=1S/C18H20N2O2/c1-15(22-14-17-10-6-3-7-11-17)18(12-19)20(21)13-16-8-4-2-5-9-16/h2-11,15,18,21H,13-14H2,1H3/t15-,18-/m1/s1. The van der Waals surface area contributed by atoms with Crippen LogP contribution >= 0.6 is 0 Å². The largest absolute Gasteiger partial charge is 0.371 e. The zero-order valence-corrected chi connectivity index (χ0v) is 12.6. The number of hydroxylamine groups is 2. The Labute approximate surface area is 131 Å². The van der Waals surface area contributed by atoms with Gasteiger partial charge < -0.3 is 9.94 Å². The average Bonchev–Trinajstić information content (AvgIpc) is 2.55. The smallest absolute Gasteiger partial charge is 0.148 e.